The predicted molar refractivity (Wildman–Crippen MR) is 96.8 cm³/mol. The Morgan fingerprint density at radius 2 is 2.25 bits per heavy atom. The fourth-order valence-corrected chi connectivity index (χ4v) is 2.99. The Bertz CT molecular complexity index is 574. The molecule has 1 aromatic rings. The molecule has 0 aromatic heterocycles. The monoisotopic (exact) mass is 379 g/mol. The standard InChI is InChI=1S/C16H22FN3O2.2ClH/c1-2-20-7-8-22-14(10-20)16(21)19-13-4-3-11-9-18-6-5-12(11)15(13)17;;/h3-4,14,18H,2,5-10H2,1H3,(H,19,21);2*1H. The van der Waals surface area contributed by atoms with Gasteiger partial charge >= 0.3 is 0 Å². The van der Waals surface area contributed by atoms with E-state index >= 15 is 0 Å². The van der Waals surface area contributed by atoms with E-state index in [9.17, 15) is 9.18 Å². The number of nitrogens with zero attached hydrogens (tertiary/aromatic N) is 1. The van der Waals surface area contributed by atoms with E-state index < -0.39 is 6.10 Å². The Morgan fingerprint density at radius 3 is 3.00 bits per heavy atom. The Morgan fingerprint density at radius 1 is 1.46 bits per heavy atom. The van der Waals surface area contributed by atoms with Crippen molar-refractivity contribution in [3.8, 4) is 0 Å². The molecule has 0 bridgehead atoms. The third kappa shape index (κ3) is 4.58. The maximum atomic E-state index is 14.5. The molecule has 2 heterocycles. The van der Waals surface area contributed by atoms with Gasteiger partial charge in [-0.25, -0.2) is 4.39 Å². The number of hydrogen-bond donors (Lipinski definition) is 2. The summed E-state index contributed by atoms with van der Waals surface area (Å²) in [6, 6.07) is 3.51. The molecule has 0 spiro atoms. The average molecular weight is 380 g/mol. The van der Waals surface area contributed by atoms with Gasteiger partial charge in [-0.15, -0.1) is 24.8 Å². The summed E-state index contributed by atoms with van der Waals surface area (Å²) in [4.78, 5) is 14.5. The van der Waals surface area contributed by atoms with E-state index in [4.69, 9.17) is 4.74 Å². The van der Waals surface area contributed by atoms with Crippen molar-refractivity contribution in [1.82, 2.24) is 10.2 Å². The Kier molecular flexibility index (Phi) is 8.39. The largest absolute Gasteiger partial charge is 0.366 e. The van der Waals surface area contributed by atoms with E-state index in [-0.39, 0.29) is 42.2 Å². The number of fused-ring (bicyclic) bond motifs is 1. The summed E-state index contributed by atoms with van der Waals surface area (Å²) in [6.07, 6.45) is 0.111. The summed E-state index contributed by atoms with van der Waals surface area (Å²) >= 11 is 0. The van der Waals surface area contributed by atoms with E-state index in [0.717, 1.165) is 25.2 Å². The number of likely N-dealkylation sites (N-methyl/N-ethyl adjacent to an activating group) is 1. The lowest BCUT2D eigenvalue weighted by Crippen LogP contribution is -2.47. The zero-order valence-electron chi connectivity index (χ0n) is 13.6. The summed E-state index contributed by atoms with van der Waals surface area (Å²) in [7, 11) is 0. The van der Waals surface area contributed by atoms with Crippen LogP contribution in [-0.4, -0.2) is 49.7 Å². The van der Waals surface area contributed by atoms with Crippen molar-refractivity contribution in [1.29, 1.82) is 0 Å². The van der Waals surface area contributed by atoms with Gasteiger partial charge in [0.05, 0.1) is 12.3 Å². The van der Waals surface area contributed by atoms with Crippen molar-refractivity contribution in [2.24, 2.45) is 0 Å². The van der Waals surface area contributed by atoms with Crippen molar-refractivity contribution in [2.45, 2.75) is 26.0 Å². The first-order valence-corrected chi connectivity index (χ1v) is 7.85. The molecule has 1 fully saturated rings. The van der Waals surface area contributed by atoms with Crippen LogP contribution in [0.25, 0.3) is 0 Å². The topological polar surface area (TPSA) is 53.6 Å². The summed E-state index contributed by atoms with van der Waals surface area (Å²) in [5.74, 6) is -0.582. The minimum absolute atomic E-state index is 0. The number of rotatable bonds is 3. The zero-order valence-corrected chi connectivity index (χ0v) is 15.3. The number of carbonyl (C=O) groups excluding carboxylic acids is 1. The number of anilines is 1. The quantitative estimate of drug-likeness (QED) is 0.842. The molecule has 2 N–H and O–H groups in total. The molecule has 1 amide bonds. The van der Waals surface area contributed by atoms with E-state index in [1.54, 1.807) is 6.07 Å². The van der Waals surface area contributed by atoms with Crippen LogP contribution in [0, 0.1) is 5.82 Å². The van der Waals surface area contributed by atoms with Crippen molar-refractivity contribution < 1.29 is 13.9 Å². The highest BCUT2D eigenvalue weighted by Gasteiger charge is 2.27. The first-order chi connectivity index (χ1) is 10.7. The fourth-order valence-electron chi connectivity index (χ4n) is 2.99. The second-order valence-electron chi connectivity index (χ2n) is 5.73. The Labute approximate surface area is 154 Å². The normalized spacial score (nSPS) is 20.3. The lowest BCUT2D eigenvalue weighted by atomic mass is 9.99. The van der Waals surface area contributed by atoms with Crippen LogP contribution >= 0.6 is 24.8 Å². The molecule has 8 heteroatoms. The number of halogens is 3. The summed E-state index contributed by atoms with van der Waals surface area (Å²) in [5, 5.41) is 5.90. The van der Waals surface area contributed by atoms with Crippen LogP contribution in [0.4, 0.5) is 10.1 Å². The van der Waals surface area contributed by atoms with Gasteiger partial charge in [0.2, 0.25) is 0 Å². The molecule has 136 valence electrons. The maximum Gasteiger partial charge on any atom is 0.254 e. The Balaban J connectivity index is 0.00000144. The molecular weight excluding hydrogens is 356 g/mol. The first kappa shape index (κ1) is 21.1. The SMILES string of the molecule is CCN1CCOC(C(=O)Nc2ccc3c(c2F)CCNC3)C1.Cl.Cl. The highest BCUT2D eigenvalue weighted by Crippen LogP contribution is 2.24. The maximum absolute atomic E-state index is 14.5. The minimum Gasteiger partial charge on any atom is -0.366 e. The molecule has 1 unspecified atom stereocenters. The Hall–Kier alpha value is -0.920. The molecule has 5 nitrogen and oxygen atoms in total. The fraction of sp³-hybridized carbons (Fsp3) is 0.562. The predicted octanol–water partition coefficient (Wildman–Crippen LogP) is 1.97. The molecule has 0 saturated carbocycles. The molecule has 1 aromatic carbocycles. The third-order valence-corrected chi connectivity index (χ3v) is 4.36. The average Bonchev–Trinajstić information content (AvgIpc) is 2.57. The van der Waals surface area contributed by atoms with Gasteiger partial charge in [0.15, 0.2) is 0 Å². The minimum atomic E-state index is -0.536. The van der Waals surface area contributed by atoms with Gasteiger partial charge in [-0.3, -0.25) is 9.69 Å². The van der Waals surface area contributed by atoms with Gasteiger partial charge in [0.1, 0.15) is 11.9 Å². The van der Waals surface area contributed by atoms with Crippen LogP contribution in [0.1, 0.15) is 18.1 Å². The molecule has 0 radical (unpaired) electrons. The summed E-state index contributed by atoms with van der Waals surface area (Å²) in [6.45, 7) is 6.30. The van der Waals surface area contributed by atoms with Gasteiger partial charge in [0.25, 0.3) is 5.91 Å². The van der Waals surface area contributed by atoms with E-state index in [1.165, 1.54) is 0 Å². The molecular formula is C16H24Cl2FN3O2. The molecule has 1 atom stereocenters. The van der Waals surface area contributed by atoms with Crippen LogP contribution < -0.4 is 10.6 Å². The van der Waals surface area contributed by atoms with Gasteiger partial charge in [-0.2, -0.15) is 0 Å². The molecule has 3 rings (SSSR count). The van der Waals surface area contributed by atoms with Crippen LogP contribution in [0.2, 0.25) is 0 Å². The van der Waals surface area contributed by atoms with Crippen LogP contribution in [-0.2, 0) is 22.5 Å². The van der Waals surface area contributed by atoms with Crippen LogP contribution in [0.3, 0.4) is 0 Å². The second-order valence-corrected chi connectivity index (χ2v) is 5.73. The van der Waals surface area contributed by atoms with Crippen molar-refractivity contribution >= 4 is 36.4 Å². The van der Waals surface area contributed by atoms with E-state index in [0.29, 0.717) is 31.7 Å². The second kappa shape index (κ2) is 9.53. The lowest BCUT2D eigenvalue weighted by Gasteiger charge is -2.31. The van der Waals surface area contributed by atoms with Gasteiger partial charge < -0.3 is 15.4 Å². The van der Waals surface area contributed by atoms with Gasteiger partial charge in [-0.05, 0) is 36.7 Å². The molecule has 2 aliphatic rings. The van der Waals surface area contributed by atoms with E-state index in [2.05, 4.69) is 22.5 Å². The number of benzene rings is 1. The van der Waals surface area contributed by atoms with Crippen LogP contribution in [0.15, 0.2) is 12.1 Å². The number of amides is 1. The smallest absolute Gasteiger partial charge is 0.254 e. The third-order valence-electron chi connectivity index (χ3n) is 4.36. The van der Waals surface area contributed by atoms with Crippen molar-refractivity contribution in [3.05, 3.63) is 29.1 Å². The number of carbonyl (C=O) groups is 1. The molecule has 0 aliphatic carbocycles. The van der Waals surface area contributed by atoms with E-state index in [1.807, 2.05) is 6.07 Å². The highest BCUT2D eigenvalue weighted by molar-refractivity contribution is 5.94. The molecule has 24 heavy (non-hydrogen) atoms. The molecule has 2 aliphatic heterocycles. The summed E-state index contributed by atoms with van der Waals surface area (Å²) in [5.41, 5.74) is 1.92. The van der Waals surface area contributed by atoms with Gasteiger partial charge in [0, 0.05) is 19.6 Å². The van der Waals surface area contributed by atoms with Crippen molar-refractivity contribution in [3.63, 3.8) is 0 Å². The van der Waals surface area contributed by atoms with Crippen LogP contribution in [0.5, 0.6) is 0 Å². The number of nitrogens with one attached hydrogen (secondary N) is 2. The zero-order chi connectivity index (χ0) is 15.5. The van der Waals surface area contributed by atoms with Crippen molar-refractivity contribution in [2.75, 3.05) is 38.1 Å². The lowest BCUT2D eigenvalue weighted by molar-refractivity contribution is -0.132. The number of morpholine rings is 1. The highest BCUT2D eigenvalue weighted by atomic mass is 35.5. The first-order valence-electron chi connectivity index (χ1n) is 7.85. The number of ether oxygens (including phenoxy) is 1. The van der Waals surface area contributed by atoms with Gasteiger partial charge in [-0.1, -0.05) is 13.0 Å². The number of hydrogen-bond acceptors (Lipinski definition) is 4. The summed E-state index contributed by atoms with van der Waals surface area (Å²) < 4.78 is 20.0. The molecule has 1 saturated heterocycles.